The highest BCUT2D eigenvalue weighted by Crippen LogP contribution is 2.11. The van der Waals surface area contributed by atoms with E-state index < -0.39 is 0 Å². The Labute approximate surface area is 90.4 Å². The standard InChI is InChI=1S/C11H17N3O/c1-4-12-10-7-11(14-8-13-10)15-6-5-9(2)3/h7-8H,2,4-6H2,1,3H3,(H,12,13,14). The van der Waals surface area contributed by atoms with Crippen molar-refractivity contribution in [3.05, 3.63) is 24.5 Å². The summed E-state index contributed by atoms with van der Waals surface area (Å²) in [7, 11) is 0. The van der Waals surface area contributed by atoms with E-state index in [1.165, 1.54) is 6.33 Å². The second-order valence-electron chi connectivity index (χ2n) is 3.33. The molecule has 0 bridgehead atoms. The topological polar surface area (TPSA) is 47.0 Å². The summed E-state index contributed by atoms with van der Waals surface area (Å²) in [6.07, 6.45) is 2.34. The van der Waals surface area contributed by atoms with Crippen LogP contribution in [0.5, 0.6) is 5.88 Å². The van der Waals surface area contributed by atoms with Crippen LogP contribution in [0.4, 0.5) is 5.82 Å². The molecule has 1 aromatic heterocycles. The summed E-state index contributed by atoms with van der Waals surface area (Å²) in [5, 5.41) is 3.10. The van der Waals surface area contributed by atoms with Crippen LogP contribution in [0.15, 0.2) is 24.5 Å². The first-order valence-corrected chi connectivity index (χ1v) is 5.05. The normalized spacial score (nSPS) is 9.73. The van der Waals surface area contributed by atoms with Crippen molar-refractivity contribution < 1.29 is 4.74 Å². The van der Waals surface area contributed by atoms with Crippen molar-refractivity contribution >= 4 is 5.82 Å². The summed E-state index contributed by atoms with van der Waals surface area (Å²) >= 11 is 0. The van der Waals surface area contributed by atoms with Crippen LogP contribution in [0.2, 0.25) is 0 Å². The number of aromatic nitrogens is 2. The van der Waals surface area contributed by atoms with Crippen LogP contribution in [0.1, 0.15) is 20.3 Å². The molecule has 0 saturated carbocycles. The van der Waals surface area contributed by atoms with Gasteiger partial charge in [0.05, 0.1) is 6.61 Å². The molecule has 0 aliphatic carbocycles. The lowest BCUT2D eigenvalue weighted by atomic mass is 10.3. The van der Waals surface area contributed by atoms with Gasteiger partial charge >= 0.3 is 0 Å². The number of nitrogens with zero attached hydrogens (tertiary/aromatic N) is 2. The second-order valence-corrected chi connectivity index (χ2v) is 3.33. The third-order valence-electron chi connectivity index (χ3n) is 1.78. The van der Waals surface area contributed by atoms with Gasteiger partial charge < -0.3 is 10.1 Å². The van der Waals surface area contributed by atoms with Crippen LogP contribution in [-0.2, 0) is 0 Å². The number of ether oxygens (including phenoxy) is 1. The Morgan fingerprint density at radius 1 is 1.53 bits per heavy atom. The molecule has 4 nitrogen and oxygen atoms in total. The Kier molecular flexibility index (Phi) is 4.60. The highest BCUT2D eigenvalue weighted by molar-refractivity contribution is 5.36. The van der Waals surface area contributed by atoms with E-state index in [4.69, 9.17) is 4.74 Å². The molecule has 0 atom stereocenters. The largest absolute Gasteiger partial charge is 0.477 e. The smallest absolute Gasteiger partial charge is 0.218 e. The van der Waals surface area contributed by atoms with E-state index in [-0.39, 0.29) is 0 Å². The van der Waals surface area contributed by atoms with E-state index in [0.717, 1.165) is 24.4 Å². The highest BCUT2D eigenvalue weighted by atomic mass is 16.5. The van der Waals surface area contributed by atoms with Crippen LogP contribution in [0.3, 0.4) is 0 Å². The van der Waals surface area contributed by atoms with Gasteiger partial charge in [-0.3, -0.25) is 0 Å². The van der Waals surface area contributed by atoms with Gasteiger partial charge in [-0.2, -0.15) is 0 Å². The predicted octanol–water partition coefficient (Wildman–Crippen LogP) is 2.25. The number of hydrogen-bond acceptors (Lipinski definition) is 4. The van der Waals surface area contributed by atoms with Gasteiger partial charge in [0, 0.05) is 19.0 Å². The molecule has 1 heterocycles. The average Bonchev–Trinajstić information content (AvgIpc) is 2.18. The third-order valence-corrected chi connectivity index (χ3v) is 1.78. The number of rotatable bonds is 6. The molecule has 1 aromatic rings. The van der Waals surface area contributed by atoms with Gasteiger partial charge in [-0.15, -0.1) is 6.58 Å². The first-order chi connectivity index (χ1) is 7.22. The molecule has 0 spiro atoms. The van der Waals surface area contributed by atoms with Gasteiger partial charge in [0.15, 0.2) is 0 Å². The van der Waals surface area contributed by atoms with Crippen molar-refractivity contribution in [2.24, 2.45) is 0 Å². The van der Waals surface area contributed by atoms with Crippen molar-refractivity contribution in [2.45, 2.75) is 20.3 Å². The van der Waals surface area contributed by atoms with Crippen molar-refractivity contribution in [3.63, 3.8) is 0 Å². The van der Waals surface area contributed by atoms with E-state index in [1.54, 1.807) is 6.07 Å². The van der Waals surface area contributed by atoms with E-state index in [2.05, 4.69) is 21.9 Å². The van der Waals surface area contributed by atoms with Gasteiger partial charge in [0.25, 0.3) is 0 Å². The Hall–Kier alpha value is -1.58. The van der Waals surface area contributed by atoms with Crippen molar-refractivity contribution in [1.29, 1.82) is 0 Å². The molecule has 0 unspecified atom stereocenters. The molecular weight excluding hydrogens is 190 g/mol. The van der Waals surface area contributed by atoms with Crippen LogP contribution in [-0.4, -0.2) is 23.1 Å². The quantitative estimate of drug-likeness (QED) is 0.727. The van der Waals surface area contributed by atoms with E-state index >= 15 is 0 Å². The Bertz CT molecular complexity index is 325. The summed E-state index contributed by atoms with van der Waals surface area (Å²) in [6, 6.07) is 1.79. The van der Waals surface area contributed by atoms with Gasteiger partial charge in [-0.25, -0.2) is 9.97 Å². The molecule has 15 heavy (non-hydrogen) atoms. The SMILES string of the molecule is C=C(C)CCOc1cc(NCC)ncn1. The molecule has 4 heteroatoms. The highest BCUT2D eigenvalue weighted by Gasteiger charge is 1.98. The monoisotopic (exact) mass is 207 g/mol. The Balaban J connectivity index is 2.46. The van der Waals surface area contributed by atoms with Crippen LogP contribution in [0.25, 0.3) is 0 Å². The first-order valence-electron chi connectivity index (χ1n) is 5.05. The maximum absolute atomic E-state index is 5.45. The second kappa shape index (κ2) is 6.01. The van der Waals surface area contributed by atoms with Crippen molar-refractivity contribution in [1.82, 2.24) is 9.97 Å². The molecule has 1 rings (SSSR count). The van der Waals surface area contributed by atoms with Crippen LogP contribution < -0.4 is 10.1 Å². The molecule has 0 aliphatic heterocycles. The Morgan fingerprint density at radius 2 is 2.33 bits per heavy atom. The van der Waals surface area contributed by atoms with Gasteiger partial charge in [-0.1, -0.05) is 5.57 Å². The minimum Gasteiger partial charge on any atom is -0.477 e. The molecule has 0 aromatic carbocycles. The molecule has 0 amide bonds. The van der Waals surface area contributed by atoms with Gasteiger partial charge in [0.1, 0.15) is 12.1 Å². The number of hydrogen-bond donors (Lipinski definition) is 1. The zero-order valence-electron chi connectivity index (χ0n) is 9.29. The predicted molar refractivity (Wildman–Crippen MR) is 61.1 cm³/mol. The molecule has 82 valence electrons. The average molecular weight is 207 g/mol. The minimum absolute atomic E-state index is 0.599. The maximum atomic E-state index is 5.45. The molecule has 0 radical (unpaired) electrons. The van der Waals surface area contributed by atoms with E-state index in [1.807, 2.05) is 13.8 Å². The van der Waals surface area contributed by atoms with Crippen molar-refractivity contribution in [2.75, 3.05) is 18.5 Å². The summed E-state index contributed by atoms with van der Waals surface area (Å²) in [5.41, 5.74) is 1.11. The molecule has 0 aliphatic rings. The van der Waals surface area contributed by atoms with Crippen LogP contribution >= 0.6 is 0 Å². The molecule has 0 fully saturated rings. The number of anilines is 1. The van der Waals surface area contributed by atoms with E-state index in [0.29, 0.717) is 12.5 Å². The number of nitrogens with one attached hydrogen (secondary N) is 1. The molecule has 0 saturated heterocycles. The summed E-state index contributed by atoms with van der Waals surface area (Å²) in [6.45, 7) is 9.25. The zero-order chi connectivity index (χ0) is 11.1. The van der Waals surface area contributed by atoms with Crippen LogP contribution in [0, 0.1) is 0 Å². The zero-order valence-corrected chi connectivity index (χ0v) is 9.29. The summed E-state index contributed by atoms with van der Waals surface area (Å²) in [4.78, 5) is 8.07. The van der Waals surface area contributed by atoms with Crippen molar-refractivity contribution in [3.8, 4) is 5.88 Å². The van der Waals surface area contributed by atoms with Gasteiger partial charge in [-0.05, 0) is 13.8 Å². The van der Waals surface area contributed by atoms with Gasteiger partial charge in [0.2, 0.25) is 5.88 Å². The fraction of sp³-hybridized carbons (Fsp3) is 0.455. The lowest BCUT2D eigenvalue weighted by molar-refractivity contribution is 0.309. The van der Waals surface area contributed by atoms with E-state index in [9.17, 15) is 0 Å². The molecule has 1 N–H and O–H groups in total. The lowest BCUT2D eigenvalue weighted by Gasteiger charge is -2.06. The third kappa shape index (κ3) is 4.44. The fourth-order valence-electron chi connectivity index (χ4n) is 1.03. The maximum Gasteiger partial charge on any atom is 0.218 e. The summed E-state index contributed by atoms with van der Waals surface area (Å²) in [5.74, 6) is 1.39. The lowest BCUT2D eigenvalue weighted by Crippen LogP contribution is -2.03. The minimum atomic E-state index is 0.599. The first kappa shape index (κ1) is 11.5. The fourth-order valence-corrected chi connectivity index (χ4v) is 1.03. The summed E-state index contributed by atoms with van der Waals surface area (Å²) < 4.78 is 5.45. The molecular formula is C11H17N3O. The Morgan fingerprint density at radius 3 is 3.00 bits per heavy atom.